The molecule has 1 spiro atoms. The van der Waals surface area contributed by atoms with Gasteiger partial charge in [-0.05, 0) is 48.2 Å². The molecule has 3 aliphatic rings. The van der Waals surface area contributed by atoms with Gasteiger partial charge >= 0.3 is 5.91 Å². The fraction of sp³-hybridized carbons (Fsp3) is 0.400. The molecule has 0 N–H and O–H groups in total. The molecule has 0 unspecified atom stereocenters. The van der Waals surface area contributed by atoms with Crippen LogP contribution < -0.4 is 0 Å². The molecule has 1 saturated carbocycles. The Morgan fingerprint density at radius 2 is 1.78 bits per heavy atom. The molecule has 7 nitrogen and oxygen atoms in total. The third-order valence-corrected chi connectivity index (χ3v) is 7.12. The Morgan fingerprint density at radius 1 is 1.03 bits per heavy atom. The van der Waals surface area contributed by atoms with Gasteiger partial charge in [0, 0.05) is 17.1 Å². The lowest BCUT2D eigenvalue weighted by Crippen LogP contribution is -2.65. The summed E-state index contributed by atoms with van der Waals surface area (Å²) in [7, 11) is 0. The summed E-state index contributed by atoms with van der Waals surface area (Å²) in [6.45, 7) is 3.40. The van der Waals surface area contributed by atoms with Gasteiger partial charge in [-0.3, -0.25) is 9.48 Å². The zero-order valence-corrected chi connectivity index (χ0v) is 18.1. The fourth-order valence-corrected chi connectivity index (χ4v) is 4.88. The second-order valence-corrected chi connectivity index (χ2v) is 9.26. The van der Waals surface area contributed by atoms with Gasteiger partial charge in [-0.15, -0.1) is 0 Å². The second-order valence-electron chi connectivity index (χ2n) is 9.26. The standard InChI is InChI=1S/C25H27N4O3/c30-24-9-14-32-17-29(24)12-10-27(11-13-29)25(31)19-3-1-18(2-4-19)20-5-8-23-21(15-20)16-28(26-23)22-6-7-22/h1-5,8,15-16,22H,6-7,9-14,17H2/q+1. The number of aromatic nitrogens is 2. The van der Waals surface area contributed by atoms with Crippen molar-refractivity contribution in [2.45, 2.75) is 25.3 Å². The molecule has 3 fully saturated rings. The minimum Gasteiger partial charge on any atom is -0.331 e. The van der Waals surface area contributed by atoms with Crippen LogP contribution in [0.5, 0.6) is 0 Å². The summed E-state index contributed by atoms with van der Waals surface area (Å²) < 4.78 is 8.01. The van der Waals surface area contributed by atoms with Crippen molar-refractivity contribution in [1.29, 1.82) is 0 Å². The Labute approximate surface area is 186 Å². The number of fused-ring (bicyclic) bond motifs is 1. The molecule has 32 heavy (non-hydrogen) atoms. The molecule has 2 amide bonds. The van der Waals surface area contributed by atoms with Gasteiger partial charge < -0.3 is 9.64 Å². The number of benzene rings is 2. The largest absolute Gasteiger partial charge is 0.331 e. The number of carbonyl (C=O) groups is 2. The molecule has 0 radical (unpaired) electrons. The Morgan fingerprint density at radius 3 is 2.50 bits per heavy atom. The van der Waals surface area contributed by atoms with E-state index in [1.54, 1.807) is 0 Å². The van der Waals surface area contributed by atoms with E-state index in [-0.39, 0.29) is 11.8 Å². The normalized spacial score (nSPS) is 20.8. The van der Waals surface area contributed by atoms with Gasteiger partial charge in [0.15, 0.2) is 6.73 Å². The molecule has 3 heterocycles. The Balaban J connectivity index is 1.16. The van der Waals surface area contributed by atoms with Crippen LogP contribution in [0.25, 0.3) is 22.0 Å². The molecule has 0 atom stereocenters. The molecular formula is C25H27N4O3+. The lowest BCUT2D eigenvalue weighted by atomic mass is 10.0. The van der Waals surface area contributed by atoms with E-state index in [0.29, 0.717) is 62.0 Å². The molecule has 2 saturated heterocycles. The summed E-state index contributed by atoms with van der Waals surface area (Å²) in [5.41, 5.74) is 3.92. The number of nitrogens with zero attached hydrogens (tertiary/aromatic N) is 4. The zero-order valence-electron chi connectivity index (χ0n) is 18.1. The maximum Gasteiger partial charge on any atom is 0.318 e. The van der Waals surface area contributed by atoms with E-state index in [1.807, 2.05) is 29.2 Å². The van der Waals surface area contributed by atoms with Crippen molar-refractivity contribution in [3.63, 3.8) is 0 Å². The number of piperazine rings is 1. The highest BCUT2D eigenvalue weighted by Crippen LogP contribution is 2.35. The maximum absolute atomic E-state index is 13.0. The predicted octanol–water partition coefficient (Wildman–Crippen LogP) is 3.22. The van der Waals surface area contributed by atoms with Crippen LogP contribution in [0.15, 0.2) is 48.7 Å². The van der Waals surface area contributed by atoms with E-state index >= 15 is 0 Å². The number of hydrogen-bond acceptors (Lipinski definition) is 4. The van der Waals surface area contributed by atoms with Crippen molar-refractivity contribution < 1.29 is 18.8 Å². The van der Waals surface area contributed by atoms with Crippen molar-refractivity contribution in [2.75, 3.05) is 39.5 Å². The van der Waals surface area contributed by atoms with Crippen LogP contribution in [0, 0.1) is 0 Å². The monoisotopic (exact) mass is 431 g/mol. The van der Waals surface area contributed by atoms with E-state index < -0.39 is 0 Å². The Bertz CT molecular complexity index is 1190. The molecule has 7 heteroatoms. The average molecular weight is 432 g/mol. The Hall–Kier alpha value is -3.03. The highest BCUT2D eigenvalue weighted by Gasteiger charge is 2.43. The van der Waals surface area contributed by atoms with Crippen LogP contribution in [0.3, 0.4) is 0 Å². The van der Waals surface area contributed by atoms with Gasteiger partial charge in [0.2, 0.25) is 0 Å². The van der Waals surface area contributed by atoms with Crippen LogP contribution in [0.4, 0.5) is 0 Å². The van der Waals surface area contributed by atoms with Crippen molar-refractivity contribution in [1.82, 2.24) is 14.7 Å². The molecule has 6 rings (SSSR count). The third-order valence-electron chi connectivity index (χ3n) is 7.12. The van der Waals surface area contributed by atoms with E-state index in [4.69, 9.17) is 4.74 Å². The van der Waals surface area contributed by atoms with E-state index in [2.05, 4.69) is 34.2 Å². The molecule has 2 aromatic carbocycles. The number of carbonyl (C=O) groups excluding carboxylic acids is 2. The van der Waals surface area contributed by atoms with Crippen LogP contribution in [-0.4, -0.2) is 70.5 Å². The fourth-order valence-electron chi connectivity index (χ4n) is 4.88. The molecular weight excluding hydrogens is 404 g/mol. The predicted molar refractivity (Wildman–Crippen MR) is 120 cm³/mol. The first-order valence-corrected chi connectivity index (χ1v) is 11.5. The molecule has 3 aromatic rings. The van der Waals surface area contributed by atoms with Gasteiger partial charge in [0.05, 0.1) is 37.7 Å². The summed E-state index contributed by atoms with van der Waals surface area (Å²) in [5.74, 6) is 0.272. The van der Waals surface area contributed by atoms with Gasteiger partial charge in [0.1, 0.15) is 13.1 Å². The van der Waals surface area contributed by atoms with Crippen molar-refractivity contribution in [2.24, 2.45) is 0 Å². The van der Waals surface area contributed by atoms with E-state index in [1.165, 1.54) is 12.8 Å². The van der Waals surface area contributed by atoms with Gasteiger partial charge in [0.25, 0.3) is 5.91 Å². The lowest BCUT2D eigenvalue weighted by Gasteiger charge is -2.43. The SMILES string of the molecule is O=C(c1ccc(-c2ccc3nn(C4CC4)cc3c2)cc1)N1CC[N+]2(CC1)COCCC2=O. The van der Waals surface area contributed by atoms with Gasteiger partial charge in [-0.25, -0.2) is 9.28 Å². The summed E-state index contributed by atoms with van der Waals surface area (Å²) in [6, 6.07) is 14.7. The third kappa shape index (κ3) is 3.42. The quantitative estimate of drug-likeness (QED) is 0.598. The topological polar surface area (TPSA) is 64.4 Å². The van der Waals surface area contributed by atoms with Gasteiger partial charge in [-0.1, -0.05) is 18.2 Å². The first-order chi connectivity index (χ1) is 15.6. The summed E-state index contributed by atoms with van der Waals surface area (Å²) >= 11 is 0. The van der Waals surface area contributed by atoms with E-state index in [9.17, 15) is 9.59 Å². The number of hydrogen-bond donors (Lipinski definition) is 0. The molecule has 1 aliphatic carbocycles. The zero-order chi connectivity index (χ0) is 21.7. The smallest absolute Gasteiger partial charge is 0.318 e. The summed E-state index contributed by atoms with van der Waals surface area (Å²) in [5, 5.41) is 5.82. The van der Waals surface area contributed by atoms with Crippen LogP contribution in [0.1, 0.15) is 35.7 Å². The number of quaternary nitrogens is 1. The highest BCUT2D eigenvalue weighted by molar-refractivity contribution is 5.95. The summed E-state index contributed by atoms with van der Waals surface area (Å²) in [6.07, 6.45) is 5.05. The van der Waals surface area contributed by atoms with Crippen molar-refractivity contribution >= 4 is 22.7 Å². The summed E-state index contributed by atoms with van der Waals surface area (Å²) in [4.78, 5) is 27.3. The minimum absolute atomic E-state index is 0.0286. The minimum atomic E-state index is 0.0286. The first-order valence-electron chi connectivity index (χ1n) is 11.5. The maximum atomic E-state index is 13.0. The van der Waals surface area contributed by atoms with Crippen LogP contribution >= 0.6 is 0 Å². The molecule has 2 aliphatic heterocycles. The highest BCUT2D eigenvalue weighted by atomic mass is 16.5. The van der Waals surface area contributed by atoms with Crippen molar-refractivity contribution in [3.8, 4) is 11.1 Å². The average Bonchev–Trinajstić information content (AvgIpc) is 3.60. The first kappa shape index (κ1) is 19.6. The number of rotatable bonds is 3. The molecule has 0 bridgehead atoms. The van der Waals surface area contributed by atoms with Crippen LogP contribution in [0.2, 0.25) is 0 Å². The number of amides is 2. The Kier molecular flexibility index (Phi) is 4.62. The van der Waals surface area contributed by atoms with Crippen molar-refractivity contribution in [3.05, 3.63) is 54.2 Å². The molecule has 164 valence electrons. The van der Waals surface area contributed by atoms with E-state index in [0.717, 1.165) is 22.0 Å². The lowest BCUT2D eigenvalue weighted by molar-refractivity contribution is -0.883. The van der Waals surface area contributed by atoms with Crippen LogP contribution in [-0.2, 0) is 9.53 Å². The van der Waals surface area contributed by atoms with Gasteiger partial charge in [-0.2, -0.15) is 5.10 Å². The molecule has 1 aromatic heterocycles. The number of ether oxygens (including phenoxy) is 1. The second kappa shape index (κ2) is 7.53.